The molecule has 2 aromatic carbocycles. The molecule has 6 heteroatoms. The van der Waals surface area contributed by atoms with Gasteiger partial charge in [-0.1, -0.05) is 42.0 Å². The Morgan fingerprint density at radius 2 is 1.50 bits per heavy atom. The molecule has 0 heterocycles. The van der Waals surface area contributed by atoms with Crippen molar-refractivity contribution in [2.24, 2.45) is 0 Å². The number of alkyl halides is 3. The summed E-state index contributed by atoms with van der Waals surface area (Å²) in [5.74, 6) is -0.0684. The van der Waals surface area contributed by atoms with Crippen LogP contribution < -0.4 is 5.32 Å². The molecule has 2 aromatic rings. The quantitative estimate of drug-likeness (QED) is 0.829. The molecule has 3 rings (SSSR count). The lowest BCUT2D eigenvalue weighted by atomic mass is 10.0. The van der Waals surface area contributed by atoms with Crippen LogP contribution in [-0.4, -0.2) is 18.7 Å². The van der Waals surface area contributed by atoms with Gasteiger partial charge in [-0.05, 0) is 37.1 Å². The average molecular weight is 363 g/mol. The van der Waals surface area contributed by atoms with E-state index in [9.17, 15) is 18.0 Å². The first-order valence-electron chi connectivity index (χ1n) is 8.48. The average Bonchev–Trinajstić information content (AvgIpc) is 3.28. The van der Waals surface area contributed by atoms with E-state index >= 15 is 0 Å². The molecule has 0 spiro atoms. The predicted molar refractivity (Wildman–Crippen MR) is 92.1 cm³/mol. The van der Waals surface area contributed by atoms with Crippen LogP contribution in [0.3, 0.4) is 0 Å². The van der Waals surface area contributed by atoms with Crippen molar-refractivity contribution in [2.45, 2.75) is 37.9 Å². The van der Waals surface area contributed by atoms with Gasteiger partial charge in [-0.25, -0.2) is 4.79 Å². The highest BCUT2D eigenvalue weighted by Crippen LogP contribution is 2.55. The van der Waals surface area contributed by atoms with E-state index in [-0.39, 0.29) is 24.5 Å². The monoisotopic (exact) mass is 363 g/mol. The molecule has 1 aliphatic rings. The van der Waals surface area contributed by atoms with Crippen molar-refractivity contribution in [3.05, 3.63) is 70.8 Å². The van der Waals surface area contributed by atoms with E-state index < -0.39 is 17.8 Å². The van der Waals surface area contributed by atoms with E-state index in [1.165, 1.54) is 12.1 Å². The van der Waals surface area contributed by atoms with Crippen LogP contribution in [0.4, 0.5) is 18.0 Å². The molecule has 1 saturated carbocycles. The lowest BCUT2D eigenvalue weighted by Gasteiger charge is -2.08. The molecule has 0 saturated heterocycles. The third kappa shape index (κ3) is 3.84. The van der Waals surface area contributed by atoms with Crippen molar-refractivity contribution in [2.75, 3.05) is 6.61 Å². The van der Waals surface area contributed by atoms with Crippen molar-refractivity contribution in [1.82, 2.24) is 5.32 Å². The normalized spacial score (nSPS) is 22.0. The Kier molecular flexibility index (Phi) is 4.94. The second-order valence-corrected chi connectivity index (χ2v) is 6.47. The summed E-state index contributed by atoms with van der Waals surface area (Å²) in [4.78, 5) is 11.8. The molecular formula is C20H20F3NO2. The number of carbonyl (C=O) groups excluding carboxylic acids is 1. The van der Waals surface area contributed by atoms with E-state index in [4.69, 9.17) is 4.74 Å². The number of rotatable bonds is 4. The van der Waals surface area contributed by atoms with Crippen molar-refractivity contribution in [3.8, 4) is 0 Å². The molecule has 3 nitrogen and oxygen atoms in total. The van der Waals surface area contributed by atoms with Crippen LogP contribution >= 0.6 is 0 Å². The maximum atomic E-state index is 12.8. The van der Waals surface area contributed by atoms with Crippen LogP contribution in [0.2, 0.25) is 0 Å². The highest BCUT2D eigenvalue weighted by atomic mass is 19.4. The van der Waals surface area contributed by atoms with E-state index in [0.29, 0.717) is 0 Å². The Balaban J connectivity index is 1.84. The molecule has 1 aliphatic carbocycles. The van der Waals surface area contributed by atoms with Crippen LogP contribution in [-0.2, 0) is 10.9 Å². The molecule has 0 aromatic heterocycles. The van der Waals surface area contributed by atoms with Crippen LogP contribution in [0.1, 0.15) is 41.0 Å². The van der Waals surface area contributed by atoms with Crippen LogP contribution in [0.25, 0.3) is 0 Å². The van der Waals surface area contributed by atoms with Gasteiger partial charge in [0.15, 0.2) is 0 Å². The SMILES string of the molecule is CCOC(=O)NC1[C@@H](c2ccc(C)cc2)[C@@H]1c1ccc(C(F)(F)F)cc1. The van der Waals surface area contributed by atoms with Crippen molar-refractivity contribution in [3.63, 3.8) is 0 Å². The fourth-order valence-corrected chi connectivity index (χ4v) is 3.31. The summed E-state index contributed by atoms with van der Waals surface area (Å²) in [6.07, 6.45) is -4.87. The first-order chi connectivity index (χ1) is 12.3. The van der Waals surface area contributed by atoms with E-state index in [2.05, 4.69) is 5.32 Å². The zero-order chi connectivity index (χ0) is 18.9. The van der Waals surface area contributed by atoms with Gasteiger partial charge in [-0.15, -0.1) is 0 Å². The zero-order valence-corrected chi connectivity index (χ0v) is 14.5. The van der Waals surface area contributed by atoms with Gasteiger partial charge in [-0.3, -0.25) is 0 Å². The summed E-state index contributed by atoms with van der Waals surface area (Å²) in [5, 5.41) is 2.83. The second kappa shape index (κ2) is 7.02. The minimum atomic E-state index is -4.36. The molecule has 1 fully saturated rings. The number of nitrogens with one attached hydrogen (secondary N) is 1. The number of amides is 1. The first-order valence-corrected chi connectivity index (χ1v) is 8.48. The molecule has 0 aliphatic heterocycles. The zero-order valence-electron chi connectivity index (χ0n) is 14.5. The lowest BCUT2D eigenvalue weighted by Crippen LogP contribution is -2.28. The number of hydrogen-bond donors (Lipinski definition) is 1. The maximum Gasteiger partial charge on any atom is 0.416 e. The fourth-order valence-electron chi connectivity index (χ4n) is 3.31. The van der Waals surface area contributed by atoms with Gasteiger partial charge in [0.05, 0.1) is 12.2 Å². The van der Waals surface area contributed by atoms with E-state index in [0.717, 1.165) is 28.8 Å². The number of ether oxygens (including phenoxy) is 1. The third-order valence-corrected chi connectivity index (χ3v) is 4.66. The summed E-state index contributed by atoms with van der Waals surface area (Å²) < 4.78 is 43.3. The standard InChI is InChI=1S/C20H20F3NO2/c1-3-26-19(25)24-18-16(13-6-4-12(2)5-7-13)17(18)14-8-10-15(11-9-14)20(21,22)23/h4-11,16-18H,3H2,1-2H3,(H,24,25)/t16-,17-,18?/m0/s1. The van der Waals surface area contributed by atoms with Crippen LogP contribution in [0.15, 0.2) is 48.5 Å². The third-order valence-electron chi connectivity index (χ3n) is 4.66. The molecule has 3 atom stereocenters. The summed E-state index contributed by atoms with van der Waals surface area (Å²) in [6.45, 7) is 3.97. The number of aryl methyl sites for hydroxylation is 1. The summed E-state index contributed by atoms with van der Waals surface area (Å²) in [7, 11) is 0. The Bertz CT molecular complexity index is 769. The minimum Gasteiger partial charge on any atom is -0.450 e. The van der Waals surface area contributed by atoms with Gasteiger partial charge in [0.1, 0.15) is 0 Å². The first kappa shape index (κ1) is 18.3. The lowest BCUT2D eigenvalue weighted by molar-refractivity contribution is -0.137. The Labute approximate surface area is 150 Å². The minimum absolute atomic E-state index is 0.0109. The van der Waals surface area contributed by atoms with Crippen molar-refractivity contribution < 1.29 is 22.7 Å². The second-order valence-electron chi connectivity index (χ2n) is 6.47. The van der Waals surface area contributed by atoms with Crippen LogP contribution in [0, 0.1) is 6.92 Å². The highest BCUT2D eigenvalue weighted by molar-refractivity contribution is 5.69. The van der Waals surface area contributed by atoms with Crippen molar-refractivity contribution in [1.29, 1.82) is 0 Å². The number of hydrogen-bond acceptors (Lipinski definition) is 2. The van der Waals surface area contributed by atoms with Crippen LogP contribution in [0.5, 0.6) is 0 Å². The van der Waals surface area contributed by atoms with Gasteiger partial charge in [0.2, 0.25) is 0 Å². The summed E-state index contributed by atoms with van der Waals surface area (Å²) in [5.41, 5.74) is 2.26. The largest absolute Gasteiger partial charge is 0.450 e. The maximum absolute atomic E-state index is 12.8. The molecule has 0 bridgehead atoms. The molecule has 0 radical (unpaired) electrons. The smallest absolute Gasteiger partial charge is 0.416 e. The molecule has 138 valence electrons. The number of carbonyl (C=O) groups is 1. The van der Waals surface area contributed by atoms with Gasteiger partial charge in [0, 0.05) is 17.9 Å². The molecular weight excluding hydrogens is 343 g/mol. The molecule has 26 heavy (non-hydrogen) atoms. The summed E-state index contributed by atoms with van der Waals surface area (Å²) >= 11 is 0. The van der Waals surface area contributed by atoms with Gasteiger partial charge >= 0.3 is 12.3 Å². The van der Waals surface area contributed by atoms with Gasteiger partial charge in [0.25, 0.3) is 0 Å². The Morgan fingerprint density at radius 1 is 1.00 bits per heavy atom. The van der Waals surface area contributed by atoms with E-state index in [1.54, 1.807) is 6.92 Å². The summed E-state index contributed by atoms with van der Waals surface area (Å²) in [6, 6.07) is 12.9. The van der Waals surface area contributed by atoms with E-state index in [1.807, 2.05) is 31.2 Å². The Hall–Kier alpha value is -2.50. The topological polar surface area (TPSA) is 38.3 Å². The molecule has 1 unspecified atom stereocenters. The van der Waals surface area contributed by atoms with Crippen molar-refractivity contribution >= 4 is 6.09 Å². The number of benzene rings is 2. The van der Waals surface area contributed by atoms with Gasteiger partial charge < -0.3 is 10.1 Å². The fraction of sp³-hybridized carbons (Fsp3) is 0.350. The predicted octanol–water partition coefficient (Wildman–Crippen LogP) is 5.01. The highest BCUT2D eigenvalue weighted by Gasteiger charge is 2.53. The number of halogens is 3. The number of alkyl carbamates (subject to hydrolysis) is 1. The molecule has 1 amide bonds. The Morgan fingerprint density at radius 3 is 1.96 bits per heavy atom. The molecule has 1 N–H and O–H groups in total. The van der Waals surface area contributed by atoms with Gasteiger partial charge in [-0.2, -0.15) is 13.2 Å².